The van der Waals surface area contributed by atoms with E-state index in [-0.39, 0.29) is 5.38 Å². The van der Waals surface area contributed by atoms with Crippen LogP contribution in [0.5, 0.6) is 5.75 Å². The molecule has 0 N–H and O–H groups in total. The summed E-state index contributed by atoms with van der Waals surface area (Å²) in [7, 11) is 1.69. The number of alkyl halides is 1. The van der Waals surface area contributed by atoms with Gasteiger partial charge in [0, 0.05) is 11.4 Å². The molecule has 0 fully saturated rings. The van der Waals surface area contributed by atoms with Gasteiger partial charge in [0.1, 0.15) is 0 Å². The molecule has 1 rings (SSSR count). The molecule has 17 heavy (non-hydrogen) atoms. The molecule has 0 saturated heterocycles. The molecule has 1 atom stereocenters. The maximum Gasteiger partial charge on any atom is 0.159 e. The Morgan fingerprint density at radius 3 is 2.47 bits per heavy atom. The third kappa shape index (κ3) is 3.63. The van der Waals surface area contributed by atoms with Gasteiger partial charge < -0.3 is 4.74 Å². The number of methoxy groups -OCH3 is 1. The number of hydrogen-bond donors (Lipinski definition) is 0. The van der Waals surface area contributed by atoms with E-state index in [1.54, 1.807) is 13.3 Å². The number of aromatic nitrogens is 2. The van der Waals surface area contributed by atoms with Crippen LogP contribution in [0.15, 0.2) is 6.20 Å². The molecule has 1 aromatic heterocycles. The summed E-state index contributed by atoms with van der Waals surface area (Å²) in [5.74, 6) is 1.37. The number of rotatable bonds is 6. The van der Waals surface area contributed by atoms with Crippen molar-refractivity contribution in [3.05, 3.63) is 11.9 Å². The highest BCUT2D eigenvalue weighted by Crippen LogP contribution is 2.25. The molecule has 1 aromatic rings. The van der Waals surface area contributed by atoms with Crippen molar-refractivity contribution in [1.82, 2.24) is 9.78 Å². The van der Waals surface area contributed by atoms with Crippen LogP contribution in [0.2, 0.25) is 0 Å². The summed E-state index contributed by atoms with van der Waals surface area (Å²) in [6.07, 6.45) is 3.65. The van der Waals surface area contributed by atoms with E-state index in [1.165, 1.54) is 0 Å². The van der Waals surface area contributed by atoms with Crippen molar-refractivity contribution in [2.45, 2.75) is 52.0 Å². The molecule has 4 heteroatoms. The Morgan fingerprint density at radius 1 is 1.35 bits per heavy atom. The normalized spacial score (nSPS) is 13.4. The fraction of sp³-hybridized carbons (Fsp3) is 0.769. The lowest BCUT2D eigenvalue weighted by Crippen LogP contribution is -2.13. The van der Waals surface area contributed by atoms with Crippen LogP contribution in [0.4, 0.5) is 0 Å². The van der Waals surface area contributed by atoms with Gasteiger partial charge in [0.05, 0.1) is 19.0 Å². The summed E-state index contributed by atoms with van der Waals surface area (Å²) < 4.78 is 7.36. The lowest BCUT2D eigenvalue weighted by molar-refractivity contribution is 0.401. The molecule has 0 amide bonds. The van der Waals surface area contributed by atoms with Crippen LogP contribution in [-0.4, -0.2) is 22.3 Å². The van der Waals surface area contributed by atoms with Crippen LogP contribution in [0.3, 0.4) is 0 Å². The molecule has 0 spiro atoms. The fourth-order valence-electron chi connectivity index (χ4n) is 1.83. The van der Waals surface area contributed by atoms with Gasteiger partial charge in [-0.25, -0.2) is 0 Å². The number of hydrogen-bond acceptors (Lipinski definition) is 2. The molecular weight excluding hydrogens is 236 g/mol. The molecule has 3 nitrogen and oxygen atoms in total. The summed E-state index contributed by atoms with van der Waals surface area (Å²) in [5.41, 5.74) is 1.15. The third-order valence-corrected chi connectivity index (χ3v) is 3.67. The van der Waals surface area contributed by atoms with Gasteiger partial charge in [-0.05, 0) is 32.6 Å². The Hall–Kier alpha value is -0.700. The zero-order valence-corrected chi connectivity index (χ0v) is 12.2. The first-order valence-electron chi connectivity index (χ1n) is 6.21. The lowest BCUT2D eigenvalue weighted by atomic mass is 10.0. The number of ether oxygens (including phenoxy) is 1. The highest BCUT2D eigenvalue weighted by atomic mass is 35.5. The molecule has 0 radical (unpaired) electrons. The zero-order chi connectivity index (χ0) is 13.0. The summed E-state index contributed by atoms with van der Waals surface area (Å²) in [6.45, 7) is 8.54. The molecule has 0 saturated carbocycles. The van der Waals surface area contributed by atoms with E-state index in [0.29, 0.717) is 12.0 Å². The largest absolute Gasteiger partial charge is 0.493 e. The molecule has 0 aliphatic rings. The second kappa shape index (κ2) is 6.29. The quantitative estimate of drug-likeness (QED) is 0.728. The van der Waals surface area contributed by atoms with Gasteiger partial charge in [-0.1, -0.05) is 13.8 Å². The van der Waals surface area contributed by atoms with Gasteiger partial charge in [-0.15, -0.1) is 11.6 Å². The molecule has 1 heterocycles. The second-order valence-electron chi connectivity index (χ2n) is 5.00. The van der Waals surface area contributed by atoms with Crippen LogP contribution in [-0.2, 0) is 6.42 Å². The first-order chi connectivity index (χ1) is 7.97. The summed E-state index contributed by atoms with van der Waals surface area (Å²) in [6, 6.07) is 0.349. The smallest absolute Gasteiger partial charge is 0.159 e. The molecule has 1 unspecified atom stereocenters. The van der Waals surface area contributed by atoms with Crippen LogP contribution >= 0.6 is 11.6 Å². The Bertz CT molecular complexity index is 347. The van der Waals surface area contributed by atoms with Crippen molar-refractivity contribution in [3.8, 4) is 5.75 Å². The Kier molecular flexibility index (Phi) is 5.31. The predicted molar refractivity (Wildman–Crippen MR) is 72.0 cm³/mol. The van der Waals surface area contributed by atoms with Crippen LogP contribution < -0.4 is 4.74 Å². The summed E-state index contributed by atoms with van der Waals surface area (Å²) in [4.78, 5) is 0. The van der Waals surface area contributed by atoms with Gasteiger partial charge in [0.25, 0.3) is 0 Å². The van der Waals surface area contributed by atoms with E-state index in [9.17, 15) is 0 Å². The fourth-order valence-corrected chi connectivity index (χ4v) is 1.94. The SMILES string of the molecule is COc1cnn(C(C)C)c1CCC(Cl)C(C)C. The molecule has 0 aromatic carbocycles. The Labute approximate surface area is 109 Å². The van der Waals surface area contributed by atoms with Crippen molar-refractivity contribution in [1.29, 1.82) is 0 Å². The van der Waals surface area contributed by atoms with Crippen molar-refractivity contribution in [2.24, 2.45) is 5.92 Å². The third-order valence-electron chi connectivity index (χ3n) is 2.95. The molecule has 0 aliphatic heterocycles. The van der Waals surface area contributed by atoms with Crippen molar-refractivity contribution in [3.63, 3.8) is 0 Å². The summed E-state index contributed by atoms with van der Waals surface area (Å²) in [5, 5.41) is 4.56. The molecule has 0 aliphatic carbocycles. The molecule has 98 valence electrons. The van der Waals surface area contributed by atoms with Crippen molar-refractivity contribution in [2.75, 3.05) is 7.11 Å². The standard InChI is InChI=1S/C13H23ClN2O/c1-9(2)11(14)6-7-12-13(17-5)8-15-16(12)10(3)4/h8-11H,6-7H2,1-5H3. The maximum absolute atomic E-state index is 6.29. The highest BCUT2D eigenvalue weighted by molar-refractivity contribution is 6.20. The van der Waals surface area contributed by atoms with Gasteiger partial charge in [0.15, 0.2) is 5.75 Å². The van der Waals surface area contributed by atoms with E-state index < -0.39 is 0 Å². The monoisotopic (exact) mass is 258 g/mol. The second-order valence-corrected chi connectivity index (χ2v) is 5.56. The minimum absolute atomic E-state index is 0.204. The average molecular weight is 259 g/mol. The predicted octanol–water partition coefficient (Wildman–Crippen LogP) is 3.67. The number of nitrogens with zero attached hydrogens (tertiary/aromatic N) is 2. The lowest BCUT2D eigenvalue weighted by Gasteiger charge is -2.16. The maximum atomic E-state index is 6.29. The minimum atomic E-state index is 0.204. The van der Waals surface area contributed by atoms with Crippen LogP contribution in [0, 0.1) is 5.92 Å². The van der Waals surface area contributed by atoms with Gasteiger partial charge in [0.2, 0.25) is 0 Å². The van der Waals surface area contributed by atoms with Gasteiger partial charge in [-0.3, -0.25) is 4.68 Å². The average Bonchev–Trinajstić information content (AvgIpc) is 2.68. The van der Waals surface area contributed by atoms with Crippen molar-refractivity contribution < 1.29 is 4.74 Å². The first kappa shape index (κ1) is 14.4. The van der Waals surface area contributed by atoms with Crippen molar-refractivity contribution >= 4 is 11.6 Å². The first-order valence-corrected chi connectivity index (χ1v) is 6.65. The summed E-state index contributed by atoms with van der Waals surface area (Å²) >= 11 is 6.29. The van der Waals surface area contributed by atoms with E-state index in [4.69, 9.17) is 16.3 Å². The molecular formula is C13H23ClN2O. The topological polar surface area (TPSA) is 27.1 Å². The van der Waals surface area contributed by atoms with Crippen LogP contribution in [0.1, 0.15) is 45.9 Å². The van der Waals surface area contributed by atoms with E-state index in [2.05, 4.69) is 32.8 Å². The zero-order valence-electron chi connectivity index (χ0n) is 11.4. The van der Waals surface area contributed by atoms with E-state index >= 15 is 0 Å². The Balaban J connectivity index is 2.77. The van der Waals surface area contributed by atoms with Crippen LogP contribution in [0.25, 0.3) is 0 Å². The molecule has 0 bridgehead atoms. The van der Waals surface area contributed by atoms with Gasteiger partial charge >= 0.3 is 0 Å². The number of halogens is 1. The van der Waals surface area contributed by atoms with E-state index in [0.717, 1.165) is 24.3 Å². The minimum Gasteiger partial charge on any atom is -0.493 e. The highest BCUT2D eigenvalue weighted by Gasteiger charge is 2.16. The Morgan fingerprint density at radius 2 is 2.00 bits per heavy atom. The van der Waals surface area contributed by atoms with E-state index in [1.807, 2.05) is 4.68 Å². The van der Waals surface area contributed by atoms with Gasteiger partial charge in [-0.2, -0.15) is 5.10 Å².